The smallest absolute Gasteiger partial charge is 0.295 e. The molecule has 2 aromatic carbocycles. The number of para-hydroxylation sites is 1. The average molecular weight is 276 g/mol. The minimum Gasteiger partial charge on any atom is -0.496 e. The van der Waals surface area contributed by atoms with Crippen LogP contribution in [0.5, 0.6) is 5.75 Å². The number of hydrogen-bond donors (Lipinski definition) is 1. The lowest BCUT2D eigenvalue weighted by molar-refractivity contribution is -0.384. The molecule has 0 saturated carbocycles. The highest BCUT2D eigenvalue weighted by atomic mass is 19.1. The molecule has 0 aliphatic rings. The highest BCUT2D eigenvalue weighted by Gasteiger charge is 2.15. The van der Waals surface area contributed by atoms with Crippen LogP contribution >= 0.6 is 0 Å². The van der Waals surface area contributed by atoms with Gasteiger partial charge in [0, 0.05) is 12.1 Å². The van der Waals surface area contributed by atoms with Crippen molar-refractivity contribution in [3.8, 4) is 5.75 Å². The van der Waals surface area contributed by atoms with Crippen molar-refractivity contribution in [1.82, 2.24) is 0 Å². The maximum Gasteiger partial charge on any atom is 0.295 e. The van der Waals surface area contributed by atoms with Gasteiger partial charge in [-0.3, -0.25) is 10.1 Å². The maximum absolute atomic E-state index is 13.0. The van der Waals surface area contributed by atoms with Crippen LogP contribution in [0.2, 0.25) is 0 Å². The van der Waals surface area contributed by atoms with E-state index in [-0.39, 0.29) is 11.4 Å². The van der Waals surface area contributed by atoms with E-state index in [1.807, 2.05) is 18.2 Å². The van der Waals surface area contributed by atoms with Gasteiger partial charge in [-0.1, -0.05) is 18.2 Å². The van der Waals surface area contributed by atoms with Crippen molar-refractivity contribution in [3.05, 3.63) is 64.0 Å². The van der Waals surface area contributed by atoms with Crippen molar-refractivity contribution in [2.75, 3.05) is 12.4 Å². The number of nitrogens with zero attached hydrogens (tertiary/aromatic N) is 1. The Balaban J connectivity index is 2.21. The molecular weight excluding hydrogens is 263 g/mol. The molecule has 0 bridgehead atoms. The molecule has 5 nitrogen and oxygen atoms in total. The van der Waals surface area contributed by atoms with Crippen molar-refractivity contribution in [1.29, 1.82) is 0 Å². The molecule has 1 N–H and O–H groups in total. The van der Waals surface area contributed by atoms with E-state index in [1.54, 1.807) is 13.2 Å². The average Bonchev–Trinajstić information content (AvgIpc) is 2.46. The Kier molecular flexibility index (Phi) is 4.14. The SMILES string of the molecule is COc1ccccc1CNc1ccc(F)cc1[N+](=O)[O-]. The Morgan fingerprint density at radius 1 is 1.30 bits per heavy atom. The number of anilines is 1. The summed E-state index contributed by atoms with van der Waals surface area (Å²) in [6.07, 6.45) is 0. The van der Waals surface area contributed by atoms with E-state index in [2.05, 4.69) is 5.32 Å². The summed E-state index contributed by atoms with van der Waals surface area (Å²) in [4.78, 5) is 10.3. The lowest BCUT2D eigenvalue weighted by atomic mass is 10.2. The van der Waals surface area contributed by atoms with Crippen molar-refractivity contribution in [2.24, 2.45) is 0 Å². The number of halogens is 1. The summed E-state index contributed by atoms with van der Waals surface area (Å²) in [6.45, 7) is 0.344. The summed E-state index contributed by atoms with van der Waals surface area (Å²) in [6, 6.07) is 10.8. The Morgan fingerprint density at radius 3 is 2.75 bits per heavy atom. The van der Waals surface area contributed by atoms with Gasteiger partial charge in [-0.2, -0.15) is 0 Å². The zero-order valence-corrected chi connectivity index (χ0v) is 10.8. The van der Waals surface area contributed by atoms with Gasteiger partial charge >= 0.3 is 0 Å². The van der Waals surface area contributed by atoms with Crippen LogP contribution in [-0.4, -0.2) is 12.0 Å². The molecule has 20 heavy (non-hydrogen) atoms. The van der Waals surface area contributed by atoms with E-state index >= 15 is 0 Å². The number of nitro groups is 1. The highest BCUT2D eigenvalue weighted by Crippen LogP contribution is 2.26. The van der Waals surface area contributed by atoms with E-state index in [9.17, 15) is 14.5 Å². The number of hydrogen-bond acceptors (Lipinski definition) is 4. The van der Waals surface area contributed by atoms with Crippen LogP contribution < -0.4 is 10.1 Å². The van der Waals surface area contributed by atoms with Gasteiger partial charge in [-0.15, -0.1) is 0 Å². The Labute approximate surface area is 115 Å². The molecule has 104 valence electrons. The van der Waals surface area contributed by atoms with Gasteiger partial charge in [0.1, 0.15) is 17.3 Å². The molecule has 0 spiro atoms. The quantitative estimate of drug-likeness (QED) is 0.671. The molecule has 2 rings (SSSR count). The molecule has 2 aromatic rings. The molecule has 0 saturated heterocycles. The largest absolute Gasteiger partial charge is 0.496 e. The minimum atomic E-state index is -0.639. The molecule has 0 heterocycles. The minimum absolute atomic E-state index is 0.266. The van der Waals surface area contributed by atoms with E-state index in [1.165, 1.54) is 12.1 Å². The number of rotatable bonds is 5. The standard InChI is InChI=1S/C14H13FN2O3/c1-20-14-5-3-2-4-10(14)9-16-12-7-6-11(15)8-13(12)17(18)19/h2-8,16H,9H2,1H3. The fourth-order valence-electron chi connectivity index (χ4n) is 1.84. The number of ether oxygens (including phenoxy) is 1. The van der Waals surface area contributed by atoms with Crippen molar-refractivity contribution in [2.45, 2.75) is 6.54 Å². The fraction of sp³-hybridized carbons (Fsp3) is 0.143. The third-order valence-electron chi connectivity index (χ3n) is 2.82. The first-order valence-corrected chi connectivity index (χ1v) is 5.91. The zero-order valence-electron chi connectivity index (χ0n) is 10.8. The van der Waals surface area contributed by atoms with E-state index in [0.29, 0.717) is 12.3 Å². The van der Waals surface area contributed by atoms with Gasteiger partial charge in [0.15, 0.2) is 0 Å². The number of benzene rings is 2. The summed E-state index contributed by atoms with van der Waals surface area (Å²) in [5.41, 5.74) is 0.829. The topological polar surface area (TPSA) is 64.4 Å². The molecular formula is C14H13FN2O3. The number of methoxy groups -OCH3 is 1. The summed E-state index contributed by atoms with van der Waals surface area (Å²) in [5, 5.41) is 13.8. The molecule has 0 aliphatic heterocycles. The second-order valence-electron chi connectivity index (χ2n) is 4.08. The molecule has 0 unspecified atom stereocenters. The summed E-state index contributed by atoms with van der Waals surface area (Å²) < 4.78 is 18.2. The Bertz CT molecular complexity index is 632. The molecule has 0 aromatic heterocycles. The third-order valence-corrected chi connectivity index (χ3v) is 2.82. The first-order chi connectivity index (χ1) is 9.61. The van der Waals surface area contributed by atoms with Crippen molar-refractivity contribution in [3.63, 3.8) is 0 Å². The highest BCUT2D eigenvalue weighted by molar-refractivity contribution is 5.61. The molecule has 0 atom stereocenters. The van der Waals surface area contributed by atoms with Crippen LogP contribution in [0.4, 0.5) is 15.8 Å². The van der Waals surface area contributed by atoms with E-state index in [4.69, 9.17) is 4.74 Å². The molecule has 6 heteroatoms. The normalized spacial score (nSPS) is 10.1. The van der Waals surface area contributed by atoms with Crippen LogP contribution in [0.15, 0.2) is 42.5 Å². The van der Waals surface area contributed by atoms with Crippen molar-refractivity contribution < 1.29 is 14.1 Å². The number of nitro benzene ring substituents is 1. The zero-order chi connectivity index (χ0) is 14.5. The Hall–Kier alpha value is -2.63. The molecule has 0 amide bonds. The second kappa shape index (κ2) is 6.01. The third kappa shape index (κ3) is 3.03. The first kappa shape index (κ1) is 13.8. The van der Waals surface area contributed by atoms with Gasteiger partial charge in [0.05, 0.1) is 18.1 Å². The summed E-state index contributed by atoms with van der Waals surface area (Å²) >= 11 is 0. The molecule has 0 radical (unpaired) electrons. The first-order valence-electron chi connectivity index (χ1n) is 5.91. The summed E-state index contributed by atoms with van der Waals surface area (Å²) in [5.74, 6) is 0.0457. The van der Waals surface area contributed by atoms with Crippen LogP contribution in [-0.2, 0) is 6.54 Å². The van der Waals surface area contributed by atoms with Crippen LogP contribution in [0.1, 0.15) is 5.56 Å². The van der Waals surface area contributed by atoms with Gasteiger partial charge < -0.3 is 10.1 Å². The fourth-order valence-corrected chi connectivity index (χ4v) is 1.84. The summed E-state index contributed by atoms with van der Waals surface area (Å²) in [7, 11) is 1.55. The van der Waals surface area contributed by atoms with Crippen LogP contribution in [0.3, 0.4) is 0 Å². The Morgan fingerprint density at radius 2 is 2.05 bits per heavy atom. The predicted octanol–water partition coefficient (Wildman–Crippen LogP) is 3.35. The predicted molar refractivity (Wildman–Crippen MR) is 73.4 cm³/mol. The van der Waals surface area contributed by atoms with Gasteiger partial charge in [0.2, 0.25) is 0 Å². The molecule has 0 aliphatic carbocycles. The maximum atomic E-state index is 13.0. The van der Waals surface area contributed by atoms with E-state index in [0.717, 1.165) is 11.6 Å². The molecule has 0 fully saturated rings. The van der Waals surface area contributed by atoms with Crippen LogP contribution in [0, 0.1) is 15.9 Å². The van der Waals surface area contributed by atoms with Crippen LogP contribution in [0.25, 0.3) is 0 Å². The monoisotopic (exact) mass is 276 g/mol. The van der Waals surface area contributed by atoms with E-state index < -0.39 is 10.7 Å². The lowest BCUT2D eigenvalue weighted by Gasteiger charge is -2.10. The lowest BCUT2D eigenvalue weighted by Crippen LogP contribution is -2.04. The van der Waals surface area contributed by atoms with Gasteiger partial charge in [-0.05, 0) is 18.2 Å². The second-order valence-corrected chi connectivity index (χ2v) is 4.08. The van der Waals surface area contributed by atoms with Gasteiger partial charge in [0.25, 0.3) is 5.69 Å². The van der Waals surface area contributed by atoms with Crippen molar-refractivity contribution >= 4 is 11.4 Å². The number of nitrogens with one attached hydrogen (secondary N) is 1. The van der Waals surface area contributed by atoms with Gasteiger partial charge in [-0.25, -0.2) is 4.39 Å².